The third kappa shape index (κ3) is 8.78. The van der Waals surface area contributed by atoms with Crippen molar-refractivity contribution in [3.8, 4) is 11.8 Å². The molecule has 3 aromatic rings. The predicted molar refractivity (Wildman–Crippen MR) is 224 cm³/mol. The van der Waals surface area contributed by atoms with Crippen LogP contribution in [0.1, 0.15) is 62.6 Å². The van der Waals surface area contributed by atoms with Crippen LogP contribution < -0.4 is 30.5 Å². The van der Waals surface area contributed by atoms with E-state index in [0.717, 1.165) is 42.1 Å². The smallest absolute Gasteiger partial charge is 0.417 e. The van der Waals surface area contributed by atoms with Crippen LogP contribution in [0.4, 0.5) is 35.9 Å². The summed E-state index contributed by atoms with van der Waals surface area (Å²) in [5.74, 6) is -0.628. The molecule has 1 aliphatic carbocycles. The van der Waals surface area contributed by atoms with E-state index in [1.807, 2.05) is 25.1 Å². The highest BCUT2D eigenvalue weighted by Gasteiger charge is 2.59. The molecule has 1 saturated carbocycles. The summed E-state index contributed by atoms with van der Waals surface area (Å²) in [5.41, 5.74) is -0.128. The zero-order chi connectivity index (χ0) is 42.9. The van der Waals surface area contributed by atoms with Gasteiger partial charge in [-0.05, 0) is 111 Å². The van der Waals surface area contributed by atoms with Crippen LogP contribution in [-0.4, -0.2) is 95.5 Å². The third-order valence-corrected chi connectivity index (χ3v) is 12.2. The van der Waals surface area contributed by atoms with Gasteiger partial charge in [0.15, 0.2) is 5.11 Å². The average Bonchev–Trinajstić information content (AvgIpc) is 3.42. The van der Waals surface area contributed by atoms with Gasteiger partial charge in [0.25, 0.3) is 5.91 Å². The lowest BCUT2D eigenvalue weighted by Crippen LogP contribution is -2.55. The van der Waals surface area contributed by atoms with Crippen molar-refractivity contribution in [1.82, 2.24) is 15.1 Å². The number of imide groups is 1. The first-order valence-electron chi connectivity index (χ1n) is 19.8. The van der Waals surface area contributed by atoms with E-state index in [0.29, 0.717) is 73.2 Å². The fourth-order valence-corrected chi connectivity index (χ4v) is 8.99. The minimum Gasteiger partial charge on any atom is -0.492 e. The van der Waals surface area contributed by atoms with Crippen LogP contribution in [0.3, 0.4) is 0 Å². The van der Waals surface area contributed by atoms with Crippen molar-refractivity contribution in [1.29, 1.82) is 5.26 Å². The van der Waals surface area contributed by atoms with E-state index in [-0.39, 0.29) is 47.5 Å². The zero-order valence-corrected chi connectivity index (χ0v) is 34.6. The van der Waals surface area contributed by atoms with Gasteiger partial charge < -0.3 is 20.3 Å². The lowest BCUT2D eigenvalue weighted by Gasteiger charge is -2.43. The molecule has 3 saturated heterocycles. The van der Waals surface area contributed by atoms with E-state index in [4.69, 9.17) is 28.6 Å². The number of nitrogens with one attached hydrogen (secondary N) is 3. The molecule has 3 heterocycles. The molecule has 4 fully saturated rings. The molecular weight excluding hydrogens is 821 g/mol. The van der Waals surface area contributed by atoms with Gasteiger partial charge in [0.05, 0.1) is 29.4 Å². The number of amides is 4. The van der Waals surface area contributed by atoms with Crippen LogP contribution in [0.25, 0.3) is 0 Å². The van der Waals surface area contributed by atoms with E-state index in [9.17, 15) is 37.6 Å². The fraction of sp³-hybridized carbons (Fsp3) is 0.429. The number of halogens is 4. The molecule has 3 N–H and O–H groups in total. The first kappa shape index (κ1) is 42.8. The number of hydrogen-bond donors (Lipinski definition) is 3. The molecule has 3 aromatic carbocycles. The lowest BCUT2D eigenvalue weighted by molar-refractivity contribution is -0.138. The number of piperidine rings is 1. The van der Waals surface area contributed by atoms with Crippen LogP contribution in [0.2, 0.25) is 5.02 Å². The van der Waals surface area contributed by atoms with E-state index >= 15 is 0 Å². The first-order valence-corrected chi connectivity index (χ1v) is 20.6. The topological polar surface area (TPSA) is 150 Å². The first-order chi connectivity index (χ1) is 28.6. The number of nitriles is 1. The second-order valence-corrected chi connectivity index (χ2v) is 16.3. The van der Waals surface area contributed by atoms with Crippen LogP contribution in [0, 0.1) is 11.3 Å². The van der Waals surface area contributed by atoms with Gasteiger partial charge in [-0.15, -0.1) is 0 Å². The van der Waals surface area contributed by atoms with Gasteiger partial charge in [-0.3, -0.25) is 39.2 Å². The molecular formula is C42H44ClF3N8O5S. The number of hydrogen-bond acceptors (Lipinski definition) is 10. The number of nitrogens with zero attached hydrogens (tertiary/aromatic N) is 5. The molecule has 0 aromatic heterocycles. The molecule has 1 unspecified atom stereocenters. The molecule has 18 heteroatoms. The Morgan fingerprint density at radius 3 is 2.48 bits per heavy atom. The molecule has 2 atom stereocenters. The lowest BCUT2D eigenvalue weighted by atomic mass is 9.75. The van der Waals surface area contributed by atoms with Gasteiger partial charge in [0, 0.05) is 60.7 Å². The largest absolute Gasteiger partial charge is 0.492 e. The van der Waals surface area contributed by atoms with E-state index in [1.165, 1.54) is 6.07 Å². The molecule has 60 heavy (non-hydrogen) atoms. The van der Waals surface area contributed by atoms with Crippen molar-refractivity contribution in [3.63, 3.8) is 0 Å². The van der Waals surface area contributed by atoms with Gasteiger partial charge in [-0.25, -0.2) is 0 Å². The number of benzene rings is 3. The Morgan fingerprint density at radius 2 is 1.82 bits per heavy atom. The van der Waals surface area contributed by atoms with E-state index in [1.54, 1.807) is 29.2 Å². The second kappa shape index (κ2) is 17.4. The van der Waals surface area contributed by atoms with Crippen LogP contribution in [-0.2, 0) is 31.8 Å². The summed E-state index contributed by atoms with van der Waals surface area (Å²) < 4.78 is 47.8. The van der Waals surface area contributed by atoms with Gasteiger partial charge in [-0.2, -0.15) is 18.4 Å². The van der Waals surface area contributed by atoms with Gasteiger partial charge in [0.2, 0.25) is 17.7 Å². The van der Waals surface area contributed by atoms with Crippen molar-refractivity contribution in [2.24, 2.45) is 0 Å². The van der Waals surface area contributed by atoms with E-state index in [2.05, 4.69) is 32.7 Å². The maximum absolute atomic E-state index is 14.0. The number of aryl methyl sites for hydroxylation is 1. The number of carbonyl (C=O) groups is 4. The summed E-state index contributed by atoms with van der Waals surface area (Å²) in [4.78, 5) is 58.1. The Bertz CT molecular complexity index is 2270. The minimum atomic E-state index is -4.79. The van der Waals surface area contributed by atoms with E-state index < -0.39 is 34.8 Å². The predicted octanol–water partition coefficient (Wildman–Crippen LogP) is 6.09. The Kier molecular flexibility index (Phi) is 12.4. The average molecular weight is 865 g/mol. The maximum Gasteiger partial charge on any atom is 0.417 e. The number of piperazine rings is 1. The second-order valence-electron chi connectivity index (χ2n) is 15.5. The van der Waals surface area contributed by atoms with Crippen LogP contribution >= 0.6 is 23.8 Å². The Balaban J connectivity index is 0.931. The minimum absolute atomic E-state index is 0.0339. The number of carbonyl (C=O) groups excluding carboxylic acids is 4. The van der Waals surface area contributed by atoms with Crippen LogP contribution in [0.5, 0.6) is 5.75 Å². The molecule has 1 spiro atoms. The Labute approximate surface area is 355 Å². The highest BCUT2D eigenvalue weighted by molar-refractivity contribution is 7.81. The van der Waals surface area contributed by atoms with Crippen LogP contribution in [0.15, 0.2) is 54.6 Å². The quantitative estimate of drug-likeness (QED) is 0.143. The molecule has 13 nitrogen and oxygen atoms in total. The van der Waals surface area contributed by atoms with Gasteiger partial charge >= 0.3 is 6.18 Å². The standard InChI is InChI=1S/C42H44ClF3N8O5S/c1-3-26-17-32(54-40(60)53(39(58)41(54)11-4-12-41)31-6-5-27(22-47)33(21-31)42(44,45)46)7-9-35(26)59-16-15-51-13-14-52(25(2)23-51)24-37(56)49-30-19-28(43)18-29(20-30)48-34-8-10-36(55)50-38(34)57/h5-7,9,17-21,25,34,48H,3-4,8,10-16,23-24H2,1-2H3,(H,49,56)(H,50,55,57)/t25-,34?/m1/s1. The summed E-state index contributed by atoms with van der Waals surface area (Å²) in [5, 5.41) is 18.1. The van der Waals surface area contributed by atoms with Crippen molar-refractivity contribution >= 4 is 75.3 Å². The van der Waals surface area contributed by atoms with Gasteiger partial charge in [0.1, 0.15) is 23.9 Å². The number of alkyl halides is 3. The molecule has 0 bridgehead atoms. The molecule has 316 valence electrons. The van der Waals surface area contributed by atoms with Crippen molar-refractivity contribution in [2.75, 3.05) is 59.8 Å². The van der Waals surface area contributed by atoms with Crippen molar-refractivity contribution in [2.45, 2.75) is 76.2 Å². The third-order valence-electron chi connectivity index (χ3n) is 11.6. The number of anilines is 4. The fourth-order valence-electron chi connectivity index (χ4n) is 8.29. The zero-order valence-electron chi connectivity index (χ0n) is 33.0. The number of thiocarbonyl (C=S) groups is 1. The molecule has 3 aliphatic heterocycles. The van der Waals surface area contributed by atoms with Crippen molar-refractivity contribution < 1.29 is 37.1 Å². The Morgan fingerprint density at radius 1 is 1.07 bits per heavy atom. The van der Waals surface area contributed by atoms with Crippen molar-refractivity contribution in [3.05, 3.63) is 76.3 Å². The highest BCUT2D eigenvalue weighted by Crippen LogP contribution is 2.49. The summed E-state index contributed by atoms with van der Waals surface area (Å²) in [6.45, 7) is 7.38. The SMILES string of the molecule is CCc1cc(N2C(=S)N(c3ccc(C#N)c(C(F)(F)F)c3)C(=O)C23CCC3)ccc1OCCN1CCN(CC(=O)Nc2cc(Cl)cc(NC3CCC(=O)NC3=O)c2)[C@H](C)C1. The Hall–Kier alpha value is -5.28. The number of ether oxygens (including phenoxy) is 1. The molecule has 4 amide bonds. The monoisotopic (exact) mass is 864 g/mol. The summed E-state index contributed by atoms with van der Waals surface area (Å²) >= 11 is 12.1. The van der Waals surface area contributed by atoms with Gasteiger partial charge in [-0.1, -0.05) is 18.5 Å². The molecule has 0 radical (unpaired) electrons. The highest BCUT2D eigenvalue weighted by atomic mass is 35.5. The summed E-state index contributed by atoms with van der Waals surface area (Å²) in [6.07, 6.45) is -1.83. The summed E-state index contributed by atoms with van der Waals surface area (Å²) in [6, 6.07) is 14.8. The maximum atomic E-state index is 14.0. The summed E-state index contributed by atoms with van der Waals surface area (Å²) in [7, 11) is 0. The molecule has 7 rings (SSSR count). The molecule has 4 aliphatic rings. The number of rotatable bonds is 12. The normalized spacial score (nSPS) is 20.8.